The van der Waals surface area contributed by atoms with E-state index in [2.05, 4.69) is 4.98 Å². The molecule has 0 saturated heterocycles. The van der Waals surface area contributed by atoms with Crippen LogP contribution in [0.5, 0.6) is 0 Å². The number of aromatic carboxylic acids is 1. The average molecular weight is 446 g/mol. The van der Waals surface area contributed by atoms with Gasteiger partial charge in [0.05, 0.1) is 15.8 Å². The Hall–Kier alpha value is -2.97. The summed E-state index contributed by atoms with van der Waals surface area (Å²) in [4.78, 5) is 29.1. The van der Waals surface area contributed by atoms with Crippen LogP contribution < -0.4 is 0 Å². The van der Waals surface area contributed by atoms with E-state index in [0.29, 0.717) is 5.52 Å². The Balaban J connectivity index is 0.00000256. The number of carbonyl (C=O) groups excluding carboxylic acids is 1. The Morgan fingerprint density at radius 1 is 1.07 bits per heavy atom. The number of aromatic nitrogens is 1. The SMILES string of the molecule is C.Cc1ccc(-c2csc(CC(=O)c3nc4ccccc4s3)c2C(=O)O)c(F)c1F. The van der Waals surface area contributed by atoms with Gasteiger partial charge in [-0.25, -0.2) is 18.6 Å². The standard InChI is InChI=1S/C21H13F2NO3S2.CH4/c1-10-6-7-11(19(23)18(10)22)12-9-28-16(17(12)21(26)27)8-14(25)20-24-13-4-2-3-5-15(13)29-20;/h2-7,9H,8H2,1H3,(H,26,27);1H4. The molecule has 154 valence electrons. The first-order valence-electron chi connectivity index (χ1n) is 8.54. The van der Waals surface area contributed by atoms with E-state index >= 15 is 0 Å². The van der Waals surface area contributed by atoms with Crippen LogP contribution in [0.3, 0.4) is 0 Å². The van der Waals surface area contributed by atoms with Crippen molar-refractivity contribution in [3.05, 3.63) is 74.4 Å². The van der Waals surface area contributed by atoms with Crippen LogP contribution in [0.25, 0.3) is 21.3 Å². The van der Waals surface area contributed by atoms with Crippen LogP contribution in [-0.2, 0) is 6.42 Å². The van der Waals surface area contributed by atoms with Crippen molar-refractivity contribution in [1.82, 2.24) is 4.98 Å². The van der Waals surface area contributed by atoms with E-state index in [4.69, 9.17) is 0 Å². The Morgan fingerprint density at radius 3 is 2.50 bits per heavy atom. The summed E-state index contributed by atoms with van der Waals surface area (Å²) in [5.41, 5.74) is 0.561. The topological polar surface area (TPSA) is 67.3 Å². The third-order valence-corrected chi connectivity index (χ3v) is 6.56. The zero-order valence-corrected chi connectivity index (χ0v) is 16.7. The monoisotopic (exact) mass is 445 g/mol. The number of rotatable bonds is 5. The van der Waals surface area contributed by atoms with E-state index in [-0.39, 0.29) is 51.8 Å². The maximum Gasteiger partial charge on any atom is 0.337 e. The number of carboxylic acid groups (broad SMARTS) is 1. The molecule has 0 radical (unpaired) electrons. The highest BCUT2D eigenvalue weighted by Crippen LogP contribution is 2.35. The smallest absolute Gasteiger partial charge is 0.337 e. The lowest BCUT2D eigenvalue weighted by atomic mass is 9.99. The lowest BCUT2D eigenvalue weighted by molar-refractivity contribution is 0.0697. The molecule has 1 N–H and O–H groups in total. The minimum atomic E-state index is -1.30. The van der Waals surface area contributed by atoms with Crippen molar-refractivity contribution in [2.45, 2.75) is 20.8 Å². The number of para-hydroxylation sites is 1. The number of ketones is 1. The molecule has 2 aromatic heterocycles. The van der Waals surface area contributed by atoms with Crippen molar-refractivity contribution in [3.63, 3.8) is 0 Å². The van der Waals surface area contributed by atoms with Crippen molar-refractivity contribution in [2.75, 3.05) is 0 Å². The highest BCUT2D eigenvalue weighted by Gasteiger charge is 2.25. The van der Waals surface area contributed by atoms with E-state index in [0.717, 1.165) is 16.0 Å². The van der Waals surface area contributed by atoms with Gasteiger partial charge in [0.2, 0.25) is 0 Å². The van der Waals surface area contributed by atoms with Crippen LogP contribution in [-0.4, -0.2) is 21.8 Å². The lowest BCUT2D eigenvalue weighted by Gasteiger charge is -2.07. The molecule has 0 amide bonds. The second kappa shape index (κ2) is 8.41. The first-order valence-corrected chi connectivity index (χ1v) is 10.2. The van der Waals surface area contributed by atoms with E-state index in [1.165, 1.54) is 35.8 Å². The molecule has 2 aromatic carbocycles. The Bertz CT molecular complexity index is 1240. The van der Waals surface area contributed by atoms with Crippen molar-refractivity contribution < 1.29 is 23.5 Å². The number of carboxylic acids is 1. The van der Waals surface area contributed by atoms with Gasteiger partial charge in [0.15, 0.2) is 22.4 Å². The average Bonchev–Trinajstić information content (AvgIpc) is 3.30. The molecule has 0 spiro atoms. The number of hydrogen-bond acceptors (Lipinski definition) is 5. The molecule has 0 atom stereocenters. The summed E-state index contributed by atoms with van der Waals surface area (Å²) < 4.78 is 29.2. The van der Waals surface area contributed by atoms with Crippen LogP contribution in [0.1, 0.15) is 38.0 Å². The van der Waals surface area contributed by atoms with Gasteiger partial charge in [-0.1, -0.05) is 31.7 Å². The number of hydrogen-bond donors (Lipinski definition) is 1. The van der Waals surface area contributed by atoms with Gasteiger partial charge in [0.1, 0.15) is 0 Å². The fraction of sp³-hybridized carbons (Fsp3) is 0.136. The number of benzene rings is 2. The molecule has 30 heavy (non-hydrogen) atoms. The van der Waals surface area contributed by atoms with Crippen molar-refractivity contribution in [3.8, 4) is 11.1 Å². The summed E-state index contributed by atoms with van der Waals surface area (Å²) in [6.07, 6.45) is -0.178. The lowest BCUT2D eigenvalue weighted by Crippen LogP contribution is -2.07. The molecule has 0 aliphatic carbocycles. The van der Waals surface area contributed by atoms with Crippen LogP contribution in [0.15, 0.2) is 41.8 Å². The Labute approximate surface area is 179 Å². The van der Waals surface area contributed by atoms with Crippen molar-refractivity contribution in [2.24, 2.45) is 0 Å². The summed E-state index contributed by atoms with van der Waals surface area (Å²) in [5, 5.41) is 11.4. The molecule has 0 aliphatic rings. The van der Waals surface area contributed by atoms with Gasteiger partial charge in [0, 0.05) is 22.4 Å². The fourth-order valence-electron chi connectivity index (χ4n) is 3.03. The normalized spacial score (nSPS) is 10.8. The van der Waals surface area contributed by atoms with Crippen molar-refractivity contribution in [1.29, 1.82) is 0 Å². The minimum absolute atomic E-state index is 0. The summed E-state index contributed by atoms with van der Waals surface area (Å²) in [6.45, 7) is 1.43. The highest BCUT2D eigenvalue weighted by atomic mass is 32.1. The van der Waals surface area contributed by atoms with Crippen LogP contribution >= 0.6 is 22.7 Å². The number of nitrogens with zero attached hydrogens (tertiary/aromatic N) is 1. The third-order valence-electron chi connectivity index (χ3n) is 4.50. The summed E-state index contributed by atoms with van der Waals surface area (Å²) in [7, 11) is 0. The van der Waals surface area contributed by atoms with Gasteiger partial charge in [0.25, 0.3) is 0 Å². The molecule has 0 bridgehead atoms. The third kappa shape index (κ3) is 3.76. The van der Waals surface area contributed by atoms with Crippen LogP contribution in [0, 0.1) is 18.6 Å². The predicted octanol–water partition coefficient (Wildman–Crippen LogP) is 6.37. The number of halogens is 2. The first kappa shape index (κ1) is 21.7. The van der Waals surface area contributed by atoms with Gasteiger partial charge in [-0.15, -0.1) is 22.7 Å². The van der Waals surface area contributed by atoms with Gasteiger partial charge in [-0.3, -0.25) is 4.79 Å². The molecule has 8 heteroatoms. The first-order chi connectivity index (χ1) is 13.9. The molecule has 0 fully saturated rings. The zero-order chi connectivity index (χ0) is 20.7. The molecule has 4 nitrogen and oxygen atoms in total. The van der Waals surface area contributed by atoms with Gasteiger partial charge >= 0.3 is 5.97 Å². The fourth-order valence-corrected chi connectivity index (χ4v) is 4.97. The van der Waals surface area contributed by atoms with E-state index < -0.39 is 17.6 Å². The van der Waals surface area contributed by atoms with Crippen LogP contribution in [0.4, 0.5) is 8.78 Å². The number of thiazole rings is 1. The number of fused-ring (bicyclic) bond motifs is 1. The second-order valence-electron chi connectivity index (χ2n) is 6.40. The number of aryl methyl sites for hydroxylation is 1. The molecule has 4 rings (SSSR count). The van der Waals surface area contributed by atoms with Gasteiger partial charge < -0.3 is 5.11 Å². The molecular formula is C22H17F2NO3S2. The second-order valence-corrected chi connectivity index (χ2v) is 8.39. The molecular weight excluding hydrogens is 428 g/mol. The number of carbonyl (C=O) groups is 2. The zero-order valence-electron chi connectivity index (χ0n) is 15.0. The number of thiophene rings is 1. The maximum atomic E-state index is 14.4. The summed E-state index contributed by atoms with van der Waals surface area (Å²) in [5.74, 6) is -3.74. The number of Topliss-reactive ketones (excluding diaryl/α,β-unsaturated/α-hetero) is 1. The van der Waals surface area contributed by atoms with Gasteiger partial charge in [-0.05, 0) is 30.0 Å². The molecule has 4 aromatic rings. The van der Waals surface area contributed by atoms with Crippen LogP contribution in [0.2, 0.25) is 0 Å². The molecule has 0 saturated carbocycles. The van der Waals surface area contributed by atoms with E-state index in [1.807, 2.05) is 18.2 Å². The summed E-state index contributed by atoms with van der Waals surface area (Å²) >= 11 is 2.27. The largest absolute Gasteiger partial charge is 0.478 e. The molecule has 0 aliphatic heterocycles. The quantitative estimate of drug-likeness (QED) is 0.362. The van der Waals surface area contributed by atoms with E-state index in [1.54, 1.807) is 6.07 Å². The van der Waals surface area contributed by atoms with Crippen molar-refractivity contribution >= 4 is 44.6 Å². The Morgan fingerprint density at radius 2 is 1.80 bits per heavy atom. The predicted molar refractivity (Wildman–Crippen MR) is 116 cm³/mol. The van der Waals surface area contributed by atoms with Gasteiger partial charge in [-0.2, -0.15) is 0 Å². The minimum Gasteiger partial charge on any atom is -0.478 e. The molecule has 2 heterocycles. The summed E-state index contributed by atoms with van der Waals surface area (Å²) in [6, 6.07) is 10.1. The molecule has 0 unspecified atom stereocenters. The Kier molecular flexibility index (Phi) is 6.09. The maximum absolute atomic E-state index is 14.4. The van der Waals surface area contributed by atoms with E-state index in [9.17, 15) is 23.5 Å². The highest BCUT2D eigenvalue weighted by molar-refractivity contribution is 7.20.